The van der Waals surface area contributed by atoms with Crippen LogP contribution in [0.15, 0.2) is 12.1 Å². The summed E-state index contributed by atoms with van der Waals surface area (Å²) in [5.74, 6) is 0. The predicted molar refractivity (Wildman–Crippen MR) is 52.3 cm³/mol. The average Bonchev–Trinajstić information content (AvgIpc) is 1.82. The Morgan fingerprint density at radius 1 is 1.09 bits per heavy atom. The Labute approximate surface area is 74.0 Å². The molecule has 0 aliphatic carbocycles. The average molecular weight is 172 g/mol. The van der Waals surface area contributed by atoms with E-state index in [0.717, 1.165) is 5.69 Å². The minimum atomic E-state index is 0. The van der Waals surface area contributed by atoms with Crippen molar-refractivity contribution in [3.8, 4) is 0 Å². The van der Waals surface area contributed by atoms with E-state index < -0.39 is 0 Å². The molecule has 0 bridgehead atoms. The van der Waals surface area contributed by atoms with Gasteiger partial charge in [0.1, 0.15) is 0 Å². The molecule has 11 heavy (non-hydrogen) atoms. The topological polar surface area (TPSA) is 26.0 Å². The largest absolute Gasteiger partial charge is 0.398 e. The number of hydrogen-bond acceptors (Lipinski definition) is 1. The monoisotopic (exact) mass is 171 g/mol. The molecule has 0 aliphatic heterocycles. The Bertz CT molecular complexity index is 233. The van der Waals surface area contributed by atoms with Crippen LogP contribution in [0.4, 0.5) is 5.69 Å². The van der Waals surface area contributed by atoms with Gasteiger partial charge in [0, 0.05) is 5.69 Å². The lowest BCUT2D eigenvalue weighted by Gasteiger charge is -2.04. The third-order valence-corrected chi connectivity index (χ3v) is 1.85. The van der Waals surface area contributed by atoms with Crippen molar-refractivity contribution in [3.05, 3.63) is 28.8 Å². The zero-order valence-corrected chi connectivity index (χ0v) is 7.96. The number of benzene rings is 1. The van der Waals surface area contributed by atoms with Crippen molar-refractivity contribution in [2.24, 2.45) is 0 Å². The van der Waals surface area contributed by atoms with Gasteiger partial charge in [0.25, 0.3) is 0 Å². The van der Waals surface area contributed by atoms with E-state index in [-0.39, 0.29) is 12.4 Å². The van der Waals surface area contributed by atoms with E-state index >= 15 is 0 Å². The lowest BCUT2D eigenvalue weighted by Crippen LogP contribution is -1.92. The van der Waals surface area contributed by atoms with Crippen molar-refractivity contribution < 1.29 is 0 Å². The van der Waals surface area contributed by atoms with E-state index in [1.54, 1.807) is 0 Å². The molecule has 62 valence electrons. The van der Waals surface area contributed by atoms with Crippen LogP contribution in [0.3, 0.4) is 0 Å². The standard InChI is InChI=1S/C9H13N.ClH/c1-6-4-7(2)8(3)9(10)5-6;/h4-5H,10H2,1-3H3;1H. The highest BCUT2D eigenvalue weighted by Gasteiger charge is 1.96. The van der Waals surface area contributed by atoms with Crippen LogP contribution in [0.5, 0.6) is 0 Å². The van der Waals surface area contributed by atoms with Crippen molar-refractivity contribution in [1.29, 1.82) is 0 Å². The van der Waals surface area contributed by atoms with Gasteiger partial charge < -0.3 is 5.73 Å². The Morgan fingerprint density at radius 3 is 2.09 bits per heavy atom. The zero-order valence-electron chi connectivity index (χ0n) is 7.14. The Morgan fingerprint density at radius 2 is 1.64 bits per heavy atom. The van der Waals surface area contributed by atoms with Crippen LogP contribution in [0.1, 0.15) is 16.7 Å². The number of hydrogen-bond donors (Lipinski definition) is 1. The minimum absolute atomic E-state index is 0. The Kier molecular flexibility index (Phi) is 3.40. The molecule has 0 aliphatic rings. The lowest BCUT2D eigenvalue weighted by atomic mass is 10.1. The fraction of sp³-hybridized carbons (Fsp3) is 0.333. The second-order valence-corrected chi connectivity index (χ2v) is 2.80. The predicted octanol–water partition coefficient (Wildman–Crippen LogP) is 2.62. The molecule has 2 N–H and O–H groups in total. The smallest absolute Gasteiger partial charge is 0.0349 e. The number of anilines is 1. The highest BCUT2D eigenvalue weighted by Crippen LogP contribution is 2.16. The maximum Gasteiger partial charge on any atom is 0.0349 e. The number of halogens is 1. The van der Waals surface area contributed by atoms with Crippen LogP contribution >= 0.6 is 12.4 Å². The summed E-state index contributed by atoms with van der Waals surface area (Å²) in [4.78, 5) is 0. The Hall–Kier alpha value is -0.690. The van der Waals surface area contributed by atoms with Crippen LogP contribution < -0.4 is 5.73 Å². The van der Waals surface area contributed by atoms with Gasteiger partial charge in [0.15, 0.2) is 0 Å². The molecule has 0 radical (unpaired) electrons. The van der Waals surface area contributed by atoms with E-state index in [1.807, 2.05) is 13.0 Å². The third kappa shape index (κ3) is 2.12. The second kappa shape index (κ2) is 3.63. The molecule has 0 unspecified atom stereocenters. The van der Waals surface area contributed by atoms with Gasteiger partial charge in [-0.3, -0.25) is 0 Å². The number of aryl methyl sites for hydroxylation is 2. The molecular weight excluding hydrogens is 158 g/mol. The molecule has 0 fully saturated rings. The molecule has 0 saturated heterocycles. The van der Waals surface area contributed by atoms with Gasteiger partial charge in [-0.15, -0.1) is 12.4 Å². The van der Waals surface area contributed by atoms with Gasteiger partial charge in [-0.05, 0) is 43.5 Å². The van der Waals surface area contributed by atoms with Gasteiger partial charge in [-0.25, -0.2) is 0 Å². The molecule has 2 heteroatoms. The van der Waals surface area contributed by atoms with Gasteiger partial charge in [0.2, 0.25) is 0 Å². The Balaban J connectivity index is 0.000001000. The molecule has 0 aromatic heterocycles. The first-order valence-corrected chi connectivity index (χ1v) is 3.44. The first kappa shape index (κ1) is 10.3. The summed E-state index contributed by atoms with van der Waals surface area (Å²) in [6.45, 7) is 6.19. The maximum atomic E-state index is 5.72. The van der Waals surface area contributed by atoms with Crippen LogP contribution in [-0.4, -0.2) is 0 Å². The molecule has 0 heterocycles. The number of nitrogens with two attached hydrogens (primary N) is 1. The van der Waals surface area contributed by atoms with E-state index in [4.69, 9.17) is 5.73 Å². The van der Waals surface area contributed by atoms with E-state index in [0.29, 0.717) is 0 Å². The molecular formula is C9H14ClN. The summed E-state index contributed by atoms with van der Waals surface area (Å²) in [6.07, 6.45) is 0. The minimum Gasteiger partial charge on any atom is -0.398 e. The highest BCUT2D eigenvalue weighted by molar-refractivity contribution is 5.85. The molecule has 0 atom stereocenters. The van der Waals surface area contributed by atoms with Crippen LogP contribution in [-0.2, 0) is 0 Å². The summed E-state index contributed by atoms with van der Waals surface area (Å²) >= 11 is 0. The summed E-state index contributed by atoms with van der Waals surface area (Å²) in [5.41, 5.74) is 10.3. The molecule has 1 nitrogen and oxygen atoms in total. The van der Waals surface area contributed by atoms with Crippen molar-refractivity contribution in [1.82, 2.24) is 0 Å². The fourth-order valence-corrected chi connectivity index (χ4v) is 1.07. The number of nitrogen functional groups attached to an aromatic ring is 1. The van der Waals surface area contributed by atoms with Gasteiger partial charge >= 0.3 is 0 Å². The second-order valence-electron chi connectivity index (χ2n) is 2.80. The van der Waals surface area contributed by atoms with Crippen LogP contribution in [0.25, 0.3) is 0 Å². The molecule has 0 saturated carbocycles. The summed E-state index contributed by atoms with van der Waals surface area (Å²) in [7, 11) is 0. The SMILES string of the molecule is Cc1cc(C)c(C)c(N)c1.Cl. The third-order valence-electron chi connectivity index (χ3n) is 1.85. The van der Waals surface area contributed by atoms with Gasteiger partial charge in [0.05, 0.1) is 0 Å². The van der Waals surface area contributed by atoms with E-state index in [1.165, 1.54) is 16.7 Å². The molecule has 1 rings (SSSR count). The van der Waals surface area contributed by atoms with Crippen molar-refractivity contribution in [3.63, 3.8) is 0 Å². The van der Waals surface area contributed by atoms with Gasteiger partial charge in [-0.2, -0.15) is 0 Å². The van der Waals surface area contributed by atoms with E-state index in [2.05, 4.69) is 19.9 Å². The van der Waals surface area contributed by atoms with Crippen LogP contribution in [0, 0.1) is 20.8 Å². The quantitative estimate of drug-likeness (QED) is 0.597. The maximum absolute atomic E-state index is 5.72. The normalized spacial score (nSPS) is 9.00. The fourth-order valence-electron chi connectivity index (χ4n) is 1.07. The summed E-state index contributed by atoms with van der Waals surface area (Å²) in [5, 5.41) is 0. The van der Waals surface area contributed by atoms with Crippen LogP contribution in [0.2, 0.25) is 0 Å². The first-order chi connectivity index (χ1) is 4.61. The highest BCUT2D eigenvalue weighted by atomic mass is 35.5. The molecule has 1 aromatic carbocycles. The summed E-state index contributed by atoms with van der Waals surface area (Å²) < 4.78 is 0. The van der Waals surface area contributed by atoms with Crippen molar-refractivity contribution >= 4 is 18.1 Å². The van der Waals surface area contributed by atoms with Gasteiger partial charge in [-0.1, -0.05) is 6.07 Å². The lowest BCUT2D eigenvalue weighted by molar-refractivity contribution is 1.30. The van der Waals surface area contributed by atoms with Crippen molar-refractivity contribution in [2.45, 2.75) is 20.8 Å². The molecule has 0 amide bonds. The first-order valence-electron chi connectivity index (χ1n) is 3.44. The molecule has 1 aromatic rings. The number of rotatable bonds is 0. The van der Waals surface area contributed by atoms with Crippen molar-refractivity contribution in [2.75, 3.05) is 5.73 Å². The molecule has 0 spiro atoms. The van der Waals surface area contributed by atoms with E-state index in [9.17, 15) is 0 Å². The zero-order chi connectivity index (χ0) is 7.72. The summed E-state index contributed by atoms with van der Waals surface area (Å²) in [6, 6.07) is 4.15.